The first kappa shape index (κ1) is 13.8. The molecule has 4 heteroatoms. The van der Waals surface area contributed by atoms with Crippen molar-refractivity contribution < 1.29 is 14.7 Å². The van der Waals surface area contributed by atoms with E-state index in [0.29, 0.717) is 11.1 Å². The van der Waals surface area contributed by atoms with Crippen molar-refractivity contribution in [1.29, 1.82) is 0 Å². The van der Waals surface area contributed by atoms with Gasteiger partial charge < -0.3 is 10.0 Å². The summed E-state index contributed by atoms with van der Waals surface area (Å²) >= 11 is 0. The summed E-state index contributed by atoms with van der Waals surface area (Å²) in [5.41, 5.74) is 1.20. The highest BCUT2D eigenvalue weighted by atomic mass is 16.4. The molecule has 1 atom stereocenters. The first-order chi connectivity index (χ1) is 8.45. The highest BCUT2D eigenvalue weighted by molar-refractivity contribution is 5.94. The van der Waals surface area contributed by atoms with E-state index < -0.39 is 11.9 Å². The van der Waals surface area contributed by atoms with Crippen LogP contribution in [0.4, 0.5) is 0 Å². The van der Waals surface area contributed by atoms with Crippen molar-refractivity contribution in [1.82, 2.24) is 4.90 Å². The molecule has 1 amide bonds. The molecule has 0 radical (unpaired) electrons. The fourth-order valence-corrected chi connectivity index (χ4v) is 1.50. The molecule has 0 heterocycles. The number of carboxylic acids is 1. The second-order valence-electron chi connectivity index (χ2n) is 4.15. The van der Waals surface area contributed by atoms with Gasteiger partial charge in [0.25, 0.3) is 5.91 Å². The molecule has 1 aromatic carbocycles. The zero-order valence-electron chi connectivity index (χ0n) is 10.4. The summed E-state index contributed by atoms with van der Waals surface area (Å²) in [6.07, 6.45) is 5.22. The molecule has 0 aliphatic carbocycles. The van der Waals surface area contributed by atoms with E-state index in [-0.39, 0.29) is 12.5 Å². The van der Waals surface area contributed by atoms with Crippen LogP contribution in [-0.2, 0) is 4.79 Å². The molecule has 0 aliphatic rings. The van der Waals surface area contributed by atoms with Gasteiger partial charge in [-0.2, -0.15) is 0 Å². The highest BCUT2D eigenvalue weighted by Crippen LogP contribution is 2.08. The molecule has 0 saturated heterocycles. The van der Waals surface area contributed by atoms with Crippen LogP contribution in [0.5, 0.6) is 0 Å². The Bertz CT molecular complexity index is 485. The molecule has 1 rings (SSSR count). The Kier molecular flexibility index (Phi) is 4.50. The van der Waals surface area contributed by atoms with Gasteiger partial charge in [-0.15, -0.1) is 6.42 Å². The Labute approximate surface area is 106 Å². The zero-order valence-corrected chi connectivity index (χ0v) is 10.4. The van der Waals surface area contributed by atoms with Crippen molar-refractivity contribution in [3.63, 3.8) is 0 Å². The third kappa shape index (κ3) is 3.36. The second-order valence-corrected chi connectivity index (χ2v) is 4.15. The molecule has 0 aliphatic heterocycles. The molecule has 0 aromatic heterocycles. The number of carbonyl (C=O) groups excluding carboxylic acids is 1. The van der Waals surface area contributed by atoms with Gasteiger partial charge in [0.05, 0.1) is 5.92 Å². The second kappa shape index (κ2) is 5.87. The lowest BCUT2D eigenvalue weighted by atomic mass is 10.1. The molecule has 0 spiro atoms. The number of benzene rings is 1. The number of hydrogen-bond donors (Lipinski definition) is 1. The van der Waals surface area contributed by atoms with Crippen LogP contribution in [0.2, 0.25) is 0 Å². The number of rotatable bonds is 4. The van der Waals surface area contributed by atoms with Crippen LogP contribution in [0.3, 0.4) is 0 Å². The van der Waals surface area contributed by atoms with Gasteiger partial charge in [0.1, 0.15) is 0 Å². The third-order valence-corrected chi connectivity index (χ3v) is 2.61. The summed E-state index contributed by atoms with van der Waals surface area (Å²) in [4.78, 5) is 24.1. The Morgan fingerprint density at radius 2 is 1.94 bits per heavy atom. The number of aliphatic carboxylic acids is 1. The molecule has 18 heavy (non-hydrogen) atoms. The summed E-state index contributed by atoms with van der Waals surface area (Å²) in [7, 11) is 1.58. The lowest BCUT2D eigenvalue weighted by Gasteiger charge is -2.19. The fraction of sp³-hybridized carbons (Fsp3) is 0.286. The van der Waals surface area contributed by atoms with Crippen molar-refractivity contribution in [2.45, 2.75) is 6.92 Å². The number of terminal acetylenes is 1. The molecular weight excluding hydrogens is 230 g/mol. The SMILES string of the molecule is C#Cc1ccc(C(=O)N(C)CC(C)C(=O)O)cc1. The minimum atomic E-state index is -0.919. The highest BCUT2D eigenvalue weighted by Gasteiger charge is 2.18. The number of hydrogen-bond acceptors (Lipinski definition) is 2. The van der Waals surface area contributed by atoms with E-state index in [1.807, 2.05) is 0 Å². The van der Waals surface area contributed by atoms with Gasteiger partial charge >= 0.3 is 5.97 Å². The van der Waals surface area contributed by atoms with E-state index in [1.54, 1.807) is 38.2 Å². The van der Waals surface area contributed by atoms with Crippen LogP contribution in [0.1, 0.15) is 22.8 Å². The molecule has 0 fully saturated rings. The van der Waals surface area contributed by atoms with E-state index in [0.717, 1.165) is 0 Å². The molecule has 1 N–H and O–H groups in total. The van der Waals surface area contributed by atoms with E-state index in [4.69, 9.17) is 11.5 Å². The summed E-state index contributed by atoms with van der Waals surface area (Å²) in [6, 6.07) is 6.64. The summed E-state index contributed by atoms with van der Waals surface area (Å²) in [5, 5.41) is 8.79. The Morgan fingerprint density at radius 3 is 2.39 bits per heavy atom. The van der Waals surface area contributed by atoms with E-state index >= 15 is 0 Å². The number of carboxylic acid groups (broad SMARTS) is 1. The standard InChI is InChI=1S/C14H15NO3/c1-4-11-5-7-12(8-6-11)13(16)15(3)9-10(2)14(17)18/h1,5-8,10H,9H2,2-3H3,(H,17,18). The van der Waals surface area contributed by atoms with Crippen LogP contribution in [0.25, 0.3) is 0 Å². The van der Waals surface area contributed by atoms with E-state index in [1.165, 1.54) is 4.90 Å². The van der Waals surface area contributed by atoms with Gasteiger partial charge in [-0.25, -0.2) is 0 Å². The number of carbonyl (C=O) groups is 2. The molecule has 4 nitrogen and oxygen atoms in total. The predicted octanol–water partition coefficient (Wildman–Crippen LogP) is 1.46. The monoisotopic (exact) mass is 245 g/mol. The number of nitrogens with zero attached hydrogens (tertiary/aromatic N) is 1. The quantitative estimate of drug-likeness (QED) is 0.817. The fourth-order valence-electron chi connectivity index (χ4n) is 1.50. The largest absolute Gasteiger partial charge is 0.481 e. The van der Waals surface area contributed by atoms with Crippen LogP contribution in [0.15, 0.2) is 24.3 Å². The average Bonchev–Trinajstić information content (AvgIpc) is 2.37. The first-order valence-corrected chi connectivity index (χ1v) is 5.50. The molecule has 0 bridgehead atoms. The summed E-state index contributed by atoms with van der Waals surface area (Å²) in [6.45, 7) is 1.73. The normalized spacial score (nSPS) is 11.4. The molecule has 1 unspecified atom stereocenters. The third-order valence-electron chi connectivity index (χ3n) is 2.61. The van der Waals surface area contributed by atoms with E-state index in [2.05, 4.69) is 5.92 Å². The van der Waals surface area contributed by atoms with Gasteiger partial charge in [-0.1, -0.05) is 12.8 Å². The van der Waals surface area contributed by atoms with Crippen LogP contribution in [-0.4, -0.2) is 35.5 Å². The van der Waals surface area contributed by atoms with Gasteiger partial charge in [0, 0.05) is 24.7 Å². The lowest BCUT2D eigenvalue weighted by Crippen LogP contribution is -2.33. The van der Waals surface area contributed by atoms with E-state index in [9.17, 15) is 9.59 Å². The summed E-state index contributed by atoms with van der Waals surface area (Å²) in [5.74, 6) is 0.738. The van der Waals surface area contributed by atoms with Crippen LogP contribution >= 0.6 is 0 Å². The van der Waals surface area contributed by atoms with Crippen LogP contribution in [0, 0.1) is 18.3 Å². The molecule has 1 aromatic rings. The number of amides is 1. The molecule has 0 saturated carbocycles. The minimum absolute atomic E-state index is 0.172. The lowest BCUT2D eigenvalue weighted by molar-refractivity contribution is -0.141. The van der Waals surface area contributed by atoms with Crippen molar-refractivity contribution in [2.75, 3.05) is 13.6 Å². The van der Waals surface area contributed by atoms with Crippen molar-refractivity contribution in [3.05, 3.63) is 35.4 Å². The zero-order chi connectivity index (χ0) is 13.7. The first-order valence-electron chi connectivity index (χ1n) is 5.50. The van der Waals surface area contributed by atoms with Gasteiger partial charge in [-0.05, 0) is 24.3 Å². The van der Waals surface area contributed by atoms with Crippen LogP contribution < -0.4 is 0 Å². The predicted molar refractivity (Wildman–Crippen MR) is 68.1 cm³/mol. The van der Waals surface area contributed by atoms with Crippen molar-refractivity contribution in [2.24, 2.45) is 5.92 Å². The minimum Gasteiger partial charge on any atom is -0.481 e. The van der Waals surface area contributed by atoms with Gasteiger partial charge in [0.2, 0.25) is 0 Å². The van der Waals surface area contributed by atoms with Gasteiger partial charge in [-0.3, -0.25) is 9.59 Å². The van der Waals surface area contributed by atoms with Crippen molar-refractivity contribution >= 4 is 11.9 Å². The topological polar surface area (TPSA) is 57.6 Å². The Hall–Kier alpha value is -2.28. The maximum absolute atomic E-state index is 12.0. The maximum Gasteiger partial charge on any atom is 0.308 e. The maximum atomic E-state index is 12.0. The van der Waals surface area contributed by atoms with Crippen molar-refractivity contribution in [3.8, 4) is 12.3 Å². The Balaban J connectivity index is 2.74. The van der Waals surface area contributed by atoms with Gasteiger partial charge in [0.15, 0.2) is 0 Å². The smallest absolute Gasteiger partial charge is 0.308 e. The average molecular weight is 245 g/mol. The molecular formula is C14H15NO3. The Morgan fingerprint density at radius 1 is 1.39 bits per heavy atom. The molecule has 94 valence electrons. The summed E-state index contributed by atoms with van der Waals surface area (Å²) < 4.78 is 0.